The van der Waals surface area contributed by atoms with Gasteiger partial charge in [0.15, 0.2) is 0 Å². The van der Waals surface area contributed by atoms with Gasteiger partial charge in [-0.15, -0.1) is 0 Å². The maximum atomic E-state index is 11.7. The number of rotatable bonds is 4. The standard InChI is InChI=1S/C27H33NO2/c1-5-6-9-14-28-21-11-8-7-10-18(21)24-22(28)16-23-25(26(24)29)19-15-17(2)12-13-20(19)27(3,4)30-23/h7-8,10-11,15-16,19-20,29H,5-6,9,12-14H2,1-4H3. The summed E-state index contributed by atoms with van der Waals surface area (Å²) in [4.78, 5) is 0. The molecule has 0 saturated carbocycles. The molecule has 3 aromatic rings. The van der Waals surface area contributed by atoms with Crippen molar-refractivity contribution >= 4 is 21.8 Å². The summed E-state index contributed by atoms with van der Waals surface area (Å²) in [6, 6.07) is 10.7. The summed E-state index contributed by atoms with van der Waals surface area (Å²) in [5.74, 6) is 1.88. The van der Waals surface area contributed by atoms with Crippen LogP contribution in [0, 0.1) is 5.92 Å². The zero-order chi connectivity index (χ0) is 21.0. The molecule has 1 aliphatic heterocycles. The number of phenolic OH excluding ortho intramolecular Hbond substituents is 1. The van der Waals surface area contributed by atoms with Gasteiger partial charge in [-0.1, -0.05) is 49.6 Å². The highest BCUT2D eigenvalue weighted by Crippen LogP contribution is 2.55. The number of phenols is 1. The number of fused-ring (bicyclic) bond motifs is 6. The zero-order valence-electron chi connectivity index (χ0n) is 18.7. The van der Waals surface area contributed by atoms with Crippen molar-refractivity contribution in [2.24, 2.45) is 5.92 Å². The lowest BCUT2D eigenvalue weighted by Gasteiger charge is -2.46. The van der Waals surface area contributed by atoms with Crippen molar-refractivity contribution in [1.82, 2.24) is 4.57 Å². The molecule has 0 radical (unpaired) electrons. The summed E-state index contributed by atoms with van der Waals surface area (Å²) in [5, 5.41) is 13.8. The topological polar surface area (TPSA) is 34.4 Å². The van der Waals surface area contributed by atoms with Crippen LogP contribution in [0.15, 0.2) is 42.0 Å². The fourth-order valence-electron chi connectivity index (χ4n) is 5.84. The first-order valence-electron chi connectivity index (χ1n) is 11.6. The number of nitrogens with zero attached hydrogens (tertiary/aromatic N) is 1. The average molecular weight is 404 g/mol. The first-order valence-corrected chi connectivity index (χ1v) is 11.6. The van der Waals surface area contributed by atoms with Crippen molar-refractivity contribution in [2.45, 2.75) is 77.9 Å². The molecular formula is C27H33NO2. The lowest BCUT2D eigenvalue weighted by Crippen LogP contribution is -2.45. The van der Waals surface area contributed by atoms with Gasteiger partial charge in [0.25, 0.3) is 0 Å². The Bertz CT molecular complexity index is 1150. The lowest BCUT2D eigenvalue weighted by atomic mass is 9.68. The van der Waals surface area contributed by atoms with E-state index in [4.69, 9.17) is 4.74 Å². The maximum Gasteiger partial charge on any atom is 0.133 e. The van der Waals surface area contributed by atoms with Crippen LogP contribution < -0.4 is 4.74 Å². The average Bonchev–Trinajstić information content (AvgIpc) is 3.01. The molecule has 0 amide bonds. The van der Waals surface area contributed by atoms with E-state index >= 15 is 0 Å². The van der Waals surface area contributed by atoms with Gasteiger partial charge >= 0.3 is 0 Å². The van der Waals surface area contributed by atoms with E-state index in [1.807, 2.05) is 0 Å². The summed E-state index contributed by atoms with van der Waals surface area (Å²) in [7, 11) is 0. The molecule has 2 aromatic carbocycles. The molecule has 3 heteroatoms. The summed E-state index contributed by atoms with van der Waals surface area (Å²) in [6.45, 7) is 9.83. The first-order chi connectivity index (χ1) is 14.4. The number of para-hydroxylation sites is 1. The number of hydrogen-bond donors (Lipinski definition) is 1. The predicted octanol–water partition coefficient (Wildman–Crippen LogP) is 7.30. The van der Waals surface area contributed by atoms with E-state index in [0.29, 0.717) is 11.7 Å². The van der Waals surface area contributed by atoms with Gasteiger partial charge in [-0.05, 0) is 46.1 Å². The van der Waals surface area contributed by atoms with Crippen molar-refractivity contribution in [2.75, 3.05) is 0 Å². The van der Waals surface area contributed by atoms with Gasteiger partial charge in [-0.25, -0.2) is 0 Å². The third-order valence-electron chi connectivity index (χ3n) is 7.37. The van der Waals surface area contributed by atoms with E-state index in [2.05, 4.69) is 68.7 Å². The van der Waals surface area contributed by atoms with Crippen LogP contribution in [0.25, 0.3) is 21.8 Å². The molecule has 0 fully saturated rings. The smallest absolute Gasteiger partial charge is 0.133 e. The SMILES string of the molecule is CCCCCn1c2ccccc2c2c(O)c3c(cc21)OC(C)(C)C1CCC(C)=CC31. The van der Waals surface area contributed by atoms with Gasteiger partial charge in [0.05, 0.1) is 5.52 Å². The Kier molecular flexibility index (Phi) is 4.61. The number of unbranched alkanes of at least 4 members (excludes halogenated alkanes) is 2. The van der Waals surface area contributed by atoms with E-state index in [0.717, 1.165) is 53.4 Å². The van der Waals surface area contributed by atoms with E-state index in [-0.39, 0.29) is 11.5 Å². The molecule has 2 unspecified atom stereocenters. The minimum absolute atomic E-state index is 0.212. The number of ether oxygens (including phenoxy) is 1. The molecule has 5 rings (SSSR count). The maximum absolute atomic E-state index is 11.7. The molecular weight excluding hydrogens is 370 g/mol. The van der Waals surface area contributed by atoms with Crippen molar-refractivity contribution in [3.05, 3.63) is 47.5 Å². The monoisotopic (exact) mass is 403 g/mol. The molecule has 3 nitrogen and oxygen atoms in total. The van der Waals surface area contributed by atoms with Crippen LogP contribution in [0.5, 0.6) is 11.5 Å². The number of aryl methyl sites for hydroxylation is 1. The largest absolute Gasteiger partial charge is 0.507 e. The van der Waals surface area contributed by atoms with Gasteiger partial charge in [-0.3, -0.25) is 0 Å². The molecule has 1 N–H and O–H groups in total. The third kappa shape index (κ3) is 2.85. The van der Waals surface area contributed by atoms with Crippen LogP contribution in [0.4, 0.5) is 0 Å². The van der Waals surface area contributed by atoms with Gasteiger partial charge in [-0.2, -0.15) is 0 Å². The highest BCUT2D eigenvalue weighted by atomic mass is 16.5. The van der Waals surface area contributed by atoms with Crippen LogP contribution >= 0.6 is 0 Å². The number of benzene rings is 2. The molecule has 0 spiro atoms. The van der Waals surface area contributed by atoms with Crippen LogP contribution in [-0.4, -0.2) is 15.3 Å². The Morgan fingerprint density at radius 1 is 1.17 bits per heavy atom. The molecule has 2 heterocycles. The number of aromatic nitrogens is 1. The highest BCUT2D eigenvalue weighted by Gasteiger charge is 2.45. The summed E-state index contributed by atoms with van der Waals surface area (Å²) in [5.41, 5.74) is 4.46. The molecule has 1 aromatic heterocycles. The second kappa shape index (κ2) is 7.08. The molecule has 158 valence electrons. The van der Waals surface area contributed by atoms with Gasteiger partial charge in [0.1, 0.15) is 17.1 Å². The fraction of sp³-hybridized carbons (Fsp3) is 0.481. The highest BCUT2D eigenvalue weighted by molar-refractivity contribution is 6.12. The molecule has 0 saturated heterocycles. The van der Waals surface area contributed by atoms with Crippen molar-refractivity contribution in [3.63, 3.8) is 0 Å². The minimum atomic E-state index is -0.242. The summed E-state index contributed by atoms with van der Waals surface area (Å²) >= 11 is 0. The first kappa shape index (κ1) is 19.5. The van der Waals surface area contributed by atoms with E-state index < -0.39 is 0 Å². The fourth-order valence-corrected chi connectivity index (χ4v) is 5.84. The van der Waals surface area contributed by atoms with Crippen LogP contribution in [0.1, 0.15) is 71.3 Å². The van der Waals surface area contributed by atoms with Crippen LogP contribution in [0.2, 0.25) is 0 Å². The summed E-state index contributed by atoms with van der Waals surface area (Å²) in [6.07, 6.45) is 8.15. The van der Waals surface area contributed by atoms with Crippen molar-refractivity contribution in [1.29, 1.82) is 0 Å². The number of allylic oxidation sites excluding steroid dienone is 2. The van der Waals surface area contributed by atoms with E-state index in [1.54, 1.807) is 0 Å². The second-order valence-electron chi connectivity index (χ2n) is 9.80. The molecule has 1 aliphatic carbocycles. The molecule has 0 bridgehead atoms. The Labute approximate surface area is 179 Å². The Hall–Kier alpha value is -2.42. The predicted molar refractivity (Wildman–Crippen MR) is 125 cm³/mol. The summed E-state index contributed by atoms with van der Waals surface area (Å²) < 4.78 is 8.97. The molecule has 2 atom stereocenters. The number of aromatic hydroxyl groups is 1. The third-order valence-corrected chi connectivity index (χ3v) is 7.37. The van der Waals surface area contributed by atoms with E-state index in [1.165, 1.54) is 23.9 Å². The van der Waals surface area contributed by atoms with E-state index in [9.17, 15) is 5.11 Å². The van der Waals surface area contributed by atoms with Crippen LogP contribution in [0.3, 0.4) is 0 Å². The van der Waals surface area contributed by atoms with Gasteiger partial charge < -0.3 is 14.4 Å². The minimum Gasteiger partial charge on any atom is -0.507 e. The Morgan fingerprint density at radius 3 is 2.77 bits per heavy atom. The number of hydrogen-bond acceptors (Lipinski definition) is 2. The van der Waals surface area contributed by atoms with Gasteiger partial charge in [0.2, 0.25) is 0 Å². The second-order valence-corrected chi connectivity index (χ2v) is 9.80. The quantitative estimate of drug-likeness (QED) is 0.366. The van der Waals surface area contributed by atoms with Crippen molar-refractivity contribution < 1.29 is 9.84 Å². The van der Waals surface area contributed by atoms with Crippen LogP contribution in [-0.2, 0) is 6.54 Å². The zero-order valence-corrected chi connectivity index (χ0v) is 18.7. The lowest BCUT2D eigenvalue weighted by molar-refractivity contribution is 0.0110. The molecule has 2 aliphatic rings. The van der Waals surface area contributed by atoms with Gasteiger partial charge in [0, 0.05) is 46.3 Å². The Balaban J connectivity index is 1.79. The Morgan fingerprint density at radius 2 is 1.97 bits per heavy atom. The van der Waals surface area contributed by atoms with Crippen molar-refractivity contribution in [3.8, 4) is 11.5 Å². The molecule has 30 heavy (non-hydrogen) atoms. The normalized spacial score (nSPS) is 22.5.